The molecule has 3 N–H and O–H groups in total. The maximum atomic E-state index is 12.9. The number of anilines is 1. The van der Waals surface area contributed by atoms with Crippen LogP contribution in [0.5, 0.6) is 0 Å². The van der Waals surface area contributed by atoms with Crippen LogP contribution in [-0.2, 0) is 9.59 Å². The van der Waals surface area contributed by atoms with Gasteiger partial charge in [0, 0.05) is 19.5 Å². The molecule has 8 nitrogen and oxygen atoms in total. The van der Waals surface area contributed by atoms with Crippen LogP contribution in [0.4, 0.5) is 5.13 Å². The largest absolute Gasteiger partial charge is 0.299 e. The van der Waals surface area contributed by atoms with Crippen LogP contribution in [-0.4, -0.2) is 51.3 Å². The lowest BCUT2D eigenvalue weighted by Gasteiger charge is -2.29. The predicted molar refractivity (Wildman–Crippen MR) is 105 cm³/mol. The number of nitrogens with one attached hydrogen (secondary N) is 2. The first-order valence-corrected chi connectivity index (χ1v) is 11.2. The summed E-state index contributed by atoms with van der Waals surface area (Å²) in [4.78, 5) is 27.0. The lowest BCUT2D eigenvalue weighted by molar-refractivity contribution is -0.130. The number of nitrogens with zero attached hydrogens (tertiary/aromatic N) is 3. The van der Waals surface area contributed by atoms with Gasteiger partial charge in [-0.3, -0.25) is 25.0 Å². The molecule has 3 fully saturated rings. The van der Waals surface area contributed by atoms with Crippen molar-refractivity contribution in [1.29, 1.82) is 0 Å². The van der Waals surface area contributed by atoms with Gasteiger partial charge in [-0.1, -0.05) is 37.0 Å². The van der Waals surface area contributed by atoms with Gasteiger partial charge in [0.25, 0.3) is 0 Å². The van der Waals surface area contributed by atoms with E-state index < -0.39 is 0 Å². The first-order chi connectivity index (χ1) is 13.6. The van der Waals surface area contributed by atoms with Crippen LogP contribution in [0, 0.1) is 17.3 Å². The van der Waals surface area contributed by atoms with Crippen molar-refractivity contribution < 1.29 is 14.8 Å². The third-order valence-electron chi connectivity index (χ3n) is 6.69. The number of hydrogen-bond acceptors (Lipinski definition) is 7. The average Bonchev–Trinajstić information content (AvgIpc) is 3.08. The molecule has 2 amide bonds. The Morgan fingerprint density at radius 3 is 2.79 bits per heavy atom. The van der Waals surface area contributed by atoms with E-state index in [1.807, 2.05) is 0 Å². The van der Waals surface area contributed by atoms with Crippen molar-refractivity contribution in [3.63, 3.8) is 0 Å². The van der Waals surface area contributed by atoms with Crippen LogP contribution < -0.4 is 10.8 Å². The fourth-order valence-corrected chi connectivity index (χ4v) is 5.58. The molecule has 1 aromatic rings. The maximum absolute atomic E-state index is 12.9. The lowest BCUT2D eigenvalue weighted by Crippen LogP contribution is -2.43. The summed E-state index contributed by atoms with van der Waals surface area (Å²) in [6.45, 7) is 1.64. The van der Waals surface area contributed by atoms with Crippen molar-refractivity contribution in [2.24, 2.45) is 17.3 Å². The molecule has 154 valence electrons. The SMILES string of the molecule is O=C(CC(CC1CCCC1)CN1CC2(CC2)CC1C(=O)Nc1nncs1)NO. The van der Waals surface area contributed by atoms with E-state index in [0.717, 1.165) is 25.9 Å². The molecule has 1 spiro atoms. The number of hydroxylamine groups is 1. The summed E-state index contributed by atoms with van der Waals surface area (Å²) in [7, 11) is 0. The highest BCUT2D eigenvalue weighted by molar-refractivity contribution is 7.13. The normalized spacial score (nSPS) is 25.1. The molecule has 2 heterocycles. The zero-order chi connectivity index (χ0) is 19.6. The molecule has 0 aromatic carbocycles. The molecule has 0 bridgehead atoms. The van der Waals surface area contributed by atoms with Crippen molar-refractivity contribution in [3.05, 3.63) is 5.51 Å². The maximum Gasteiger partial charge on any atom is 0.243 e. The zero-order valence-corrected chi connectivity index (χ0v) is 16.9. The minimum Gasteiger partial charge on any atom is -0.299 e. The quantitative estimate of drug-likeness (QED) is 0.451. The molecule has 9 heteroatoms. The highest BCUT2D eigenvalue weighted by Crippen LogP contribution is 2.55. The van der Waals surface area contributed by atoms with E-state index in [9.17, 15) is 9.59 Å². The predicted octanol–water partition coefficient (Wildman–Crippen LogP) is 2.42. The Hall–Kier alpha value is -1.58. The number of rotatable bonds is 8. The molecule has 0 radical (unpaired) electrons. The van der Waals surface area contributed by atoms with Crippen LogP contribution in [0.15, 0.2) is 5.51 Å². The van der Waals surface area contributed by atoms with E-state index in [4.69, 9.17) is 5.21 Å². The molecule has 28 heavy (non-hydrogen) atoms. The molecule has 3 aliphatic rings. The third-order valence-corrected chi connectivity index (χ3v) is 7.30. The van der Waals surface area contributed by atoms with Gasteiger partial charge >= 0.3 is 0 Å². The summed E-state index contributed by atoms with van der Waals surface area (Å²) in [5, 5.41) is 20.1. The minimum absolute atomic E-state index is 0.0215. The van der Waals surface area contributed by atoms with Crippen molar-refractivity contribution in [3.8, 4) is 0 Å². The Balaban J connectivity index is 1.43. The Labute approximate surface area is 169 Å². The number of hydrogen-bond donors (Lipinski definition) is 3. The first-order valence-electron chi connectivity index (χ1n) is 10.3. The van der Waals surface area contributed by atoms with E-state index in [-0.39, 0.29) is 29.2 Å². The van der Waals surface area contributed by atoms with Gasteiger partial charge in [-0.25, -0.2) is 5.48 Å². The fraction of sp³-hybridized carbons (Fsp3) is 0.789. The first kappa shape index (κ1) is 19.7. The van der Waals surface area contributed by atoms with E-state index in [0.29, 0.717) is 17.5 Å². The molecule has 1 aromatic heterocycles. The average molecular weight is 408 g/mol. The monoisotopic (exact) mass is 407 g/mol. The lowest BCUT2D eigenvalue weighted by atomic mass is 9.90. The van der Waals surface area contributed by atoms with Crippen molar-refractivity contribution in [2.45, 2.75) is 63.8 Å². The number of amides is 2. The van der Waals surface area contributed by atoms with Crippen LogP contribution in [0.25, 0.3) is 0 Å². The van der Waals surface area contributed by atoms with Gasteiger partial charge < -0.3 is 0 Å². The number of aromatic nitrogens is 2. The van der Waals surface area contributed by atoms with Gasteiger partial charge in [0.1, 0.15) is 5.51 Å². The standard InChI is InChI=1S/C19H29N5O3S/c25-16(23-27)8-14(7-13-3-1-2-4-13)10-24-11-19(5-6-19)9-15(24)17(26)21-18-22-20-12-28-18/h12-15,27H,1-11H2,(H,23,25)(H,21,22,26). The van der Waals surface area contributed by atoms with Gasteiger partial charge in [-0.2, -0.15) is 0 Å². The van der Waals surface area contributed by atoms with Gasteiger partial charge in [0.15, 0.2) is 0 Å². The van der Waals surface area contributed by atoms with E-state index in [1.165, 1.54) is 49.9 Å². The summed E-state index contributed by atoms with van der Waals surface area (Å²) in [5.74, 6) is 0.452. The zero-order valence-electron chi connectivity index (χ0n) is 16.1. The van der Waals surface area contributed by atoms with Crippen molar-refractivity contribution in [1.82, 2.24) is 20.6 Å². The van der Waals surface area contributed by atoms with E-state index >= 15 is 0 Å². The van der Waals surface area contributed by atoms with Crippen molar-refractivity contribution in [2.75, 3.05) is 18.4 Å². The third kappa shape index (κ3) is 4.69. The van der Waals surface area contributed by atoms with Gasteiger partial charge in [0.2, 0.25) is 16.9 Å². The molecule has 4 rings (SSSR count). The highest BCUT2D eigenvalue weighted by atomic mass is 32.1. The summed E-state index contributed by atoms with van der Waals surface area (Å²) in [6.07, 6.45) is 9.51. The number of likely N-dealkylation sites (tertiary alicyclic amines) is 1. The molecule has 2 atom stereocenters. The topological polar surface area (TPSA) is 107 Å². The fourth-order valence-electron chi connectivity index (χ4n) is 5.13. The highest BCUT2D eigenvalue weighted by Gasteiger charge is 2.54. The molecule has 2 unspecified atom stereocenters. The van der Waals surface area contributed by atoms with E-state index in [1.54, 1.807) is 11.0 Å². The van der Waals surface area contributed by atoms with Gasteiger partial charge in [-0.15, -0.1) is 10.2 Å². The number of carbonyl (C=O) groups is 2. The van der Waals surface area contributed by atoms with Gasteiger partial charge in [0.05, 0.1) is 6.04 Å². The van der Waals surface area contributed by atoms with Crippen LogP contribution in [0.3, 0.4) is 0 Å². The Bertz CT molecular complexity index is 688. The van der Waals surface area contributed by atoms with Crippen LogP contribution in [0.2, 0.25) is 0 Å². The van der Waals surface area contributed by atoms with Crippen LogP contribution >= 0.6 is 11.3 Å². The second-order valence-corrected chi connectivity index (χ2v) is 9.71. The van der Waals surface area contributed by atoms with Gasteiger partial charge in [-0.05, 0) is 42.9 Å². The smallest absolute Gasteiger partial charge is 0.243 e. The molecule has 1 aliphatic heterocycles. The Morgan fingerprint density at radius 1 is 1.36 bits per heavy atom. The Morgan fingerprint density at radius 2 is 2.14 bits per heavy atom. The number of carbonyl (C=O) groups excluding carboxylic acids is 2. The second kappa shape index (κ2) is 8.42. The summed E-state index contributed by atoms with van der Waals surface area (Å²) < 4.78 is 0. The molecular weight excluding hydrogens is 378 g/mol. The van der Waals surface area contributed by atoms with E-state index in [2.05, 4.69) is 20.4 Å². The Kier molecular flexibility index (Phi) is 5.93. The second-order valence-electron chi connectivity index (χ2n) is 8.87. The summed E-state index contributed by atoms with van der Waals surface area (Å²) >= 11 is 1.32. The molecular formula is C19H29N5O3S. The summed E-state index contributed by atoms with van der Waals surface area (Å²) in [5.41, 5.74) is 3.67. The minimum atomic E-state index is -0.335. The summed E-state index contributed by atoms with van der Waals surface area (Å²) in [6, 6.07) is -0.185. The molecule has 1 saturated heterocycles. The molecule has 2 saturated carbocycles. The van der Waals surface area contributed by atoms with Crippen LogP contribution in [0.1, 0.15) is 57.8 Å². The van der Waals surface area contributed by atoms with Crippen molar-refractivity contribution >= 4 is 28.3 Å². The molecule has 2 aliphatic carbocycles.